The molecule has 45 heavy (non-hydrogen) atoms. The van der Waals surface area contributed by atoms with Gasteiger partial charge < -0.3 is 0 Å². The third kappa shape index (κ3) is 8.79. The molecule has 0 aliphatic heterocycles. The molecule has 0 bridgehead atoms. The fourth-order valence-corrected chi connectivity index (χ4v) is 31.2. The van der Waals surface area contributed by atoms with Crippen LogP contribution in [0.1, 0.15) is 0 Å². The molecule has 0 rings (SSSR count). The van der Waals surface area contributed by atoms with Crippen LogP contribution in [-0.2, 0) is 0 Å². The van der Waals surface area contributed by atoms with E-state index in [2.05, 4.69) is 225 Å². The van der Waals surface area contributed by atoms with E-state index in [1.807, 2.05) is 0 Å². The van der Waals surface area contributed by atoms with Crippen LogP contribution in [0.25, 0.3) is 0 Å². The molecule has 0 unspecified atom stereocenters. The van der Waals surface area contributed by atoms with Crippen molar-refractivity contribution in [2.24, 2.45) is 18.1 Å². The molecule has 0 amide bonds. The number of rotatable bonds is 16. The van der Waals surface area contributed by atoms with Crippen molar-refractivity contribution >= 4 is 37.9 Å². The number of hydrogen-bond donors (Lipinski definition) is 0. The first-order valence-corrected chi connectivity index (χ1v) is 23.0. The van der Waals surface area contributed by atoms with E-state index in [4.69, 9.17) is 18.1 Å². The van der Waals surface area contributed by atoms with Crippen molar-refractivity contribution in [1.82, 2.24) is 56.0 Å². The van der Waals surface area contributed by atoms with Gasteiger partial charge in [-0.15, -0.1) is 0 Å². The maximum atomic E-state index is 6.10. The van der Waals surface area contributed by atoms with Crippen molar-refractivity contribution < 1.29 is 0 Å². The third-order valence-electron chi connectivity index (χ3n) is 7.62. The van der Waals surface area contributed by atoms with Crippen LogP contribution in [0.3, 0.4) is 0 Å². The topological polar surface area (TPSA) is 88.3 Å². The monoisotopic (exact) mass is 740 g/mol. The van der Waals surface area contributed by atoms with Gasteiger partial charge in [0.15, 0.2) is 0 Å². The van der Waals surface area contributed by atoms with Gasteiger partial charge in [-0.2, -0.15) is 0 Å². The van der Waals surface area contributed by atoms with Crippen LogP contribution in [-0.4, -0.2) is 225 Å². The maximum absolute atomic E-state index is 6.10. The molecule has 0 fully saturated rings. The molecule has 0 radical (unpaired) electrons. The van der Waals surface area contributed by atoms with Crippen molar-refractivity contribution in [2.75, 3.05) is 169 Å². The Bertz CT molecular complexity index is 951. The summed E-state index contributed by atoms with van der Waals surface area (Å²) < 4.78 is 51.4. The van der Waals surface area contributed by atoms with Crippen molar-refractivity contribution in [3.05, 3.63) is 0 Å². The summed E-state index contributed by atoms with van der Waals surface area (Å²) in [6, 6.07) is 0. The molecule has 0 heterocycles. The summed E-state index contributed by atoms with van der Waals surface area (Å²) in [5.41, 5.74) is 0. The van der Waals surface area contributed by atoms with E-state index in [0.717, 1.165) is 0 Å². The first-order valence-electron chi connectivity index (χ1n) is 14.8. The van der Waals surface area contributed by atoms with Crippen LogP contribution in [0.4, 0.5) is 0 Å². The SMILES string of the molecule is CN(C)P(=NP(=N[PH](N(C)C)(N(C)C)N(C)C)(N=P(N(C)C)(N(C)C)N(C)C)N=P(N(C)C)(N(C)C)N(C)C)(N(C)C)N(C)C. The fourth-order valence-electron chi connectivity index (χ4n) is 6.18. The second kappa shape index (κ2) is 17.2. The Morgan fingerprint density at radius 3 is 0.556 bits per heavy atom. The second-order valence-corrected chi connectivity index (χ2v) is 31.7. The minimum atomic E-state index is -3.42. The molecule has 0 aromatic rings. The van der Waals surface area contributed by atoms with E-state index in [1.165, 1.54) is 0 Å². The van der Waals surface area contributed by atoms with E-state index < -0.39 is 37.9 Å². The van der Waals surface area contributed by atoms with Gasteiger partial charge in [0.05, 0.1) is 0 Å². The van der Waals surface area contributed by atoms with Gasteiger partial charge in [0.2, 0.25) is 0 Å². The van der Waals surface area contributed by atoms with E-state index >= 15 is 0 Å². The molecular formula is C24H73N16P5. The molecule has 0 aliphatic carbocycles. The summed E-state index contributed by atoms with van der Waals surface area (Å²) in [6.45, 7) is 0. The summed E-state index contributed by atoms with van der Waals surface area (Å²) in [5, 5.41) is 0. The molecule has 0 aliphatic rings. The Kier molecular flexibility index (Phi) is 17.5. The Morgan fingerprint density at radius 2 is 0.444 bits per heavy atom. The van der Waals surface area contributed by atoms with Crippen LogP contribution in [0, 0.1) is 0 Å². The van der Waals surface area contributed by atoms with Gasteiger partial charge in [-0.1, -0.05) is 0 Å². The van der Waals surface area contributed by atoms with E-state index in [-0.39, 0.29) is 0 Å². The summed E-state index contributed by atoms with van der Waals surface area (Å²) in [7, 11) is 36.5. The molecule has 0 aromatic carbocycles. The summed E-state index contributed by atoms with van der Waals surface area (Å²) >= 11 is 0. The van der Waals surface area contributed by atoms with Gasteiger partial charge >= 0.3 is 281 Å². The van der Waals surface area contributed by atoms with Gasteiger partial charge in [-0.05, 0) is 0 Å². The van der Waals surface area contributed by atoms with Crippen LogP contribution < -0.4 is 0 Å². The zero-order valence-corrected chi connectivity index (χ0v) is 38.0. The molecule has 0 saturated carbocycles. The quantitative estimate of drug-likeness (QED) is 0.202. The zero-order valence-electron chi connectivity index (χ0n) is 33.4. The van der Waals surface area contributed by atoms with Gasteiger partial charge in [0.25, 0.3) is 0 Å². The molecule has 0 aromatic heterocycles. The van der Waals surface area contributed by atoms with Crippen molar-refractivity contribution in [3.8, 4) is 0 Å². The Labute approximate surface area is 280 Å². The average molecular weight is 741 g/mol. The minimum absolute atomic E-state index is 2.11. The molecule has 0 N–H and O–H groups in total. The van der Waals surface area contributed by atoms with Crippen molar-refractivity contribution in [1.29, 1.82) is 0 Å². The molecule has 21 heteroatoms. The molecule has 274 valence electrons. The van der Waals surface area contributed by atoms with Crippen LogP contribution in [0.5, 0.6) is 0 Å². The normalized spacial score (nSPS) is 15.2. The molecule has 0 atom stereocenters. The van der Waals surface area contributed by atoms with Crippen LogP contribution in [0.2, 0.25) is 0 Å². The molecular weight excluding hydrogens is 667 g/mol. The standard InChI is InChI=1S/C24H73N16P5/c1-29(2)42(30(3)4,31(5)6)25-41(26-43(32(7)8,33(9)10)34(11)12,27-44(35(13)14,36(15)16)37(17)18)28-45(38(19)20,39(21)22)40(23)24/h42H,1-24H3. The van der Waals surface area contributed by atoms with Crippen LogP contribution in [0.15, 0.2) is 18.1 Å². The van der Waals surface area contributed by atoms with Crippen molar-refractivity contribution in [3.63, 3.8) is 0 Å². The predicted octanol–water partition coefficient (Wildman–Crippen LogP) is 4.92. The Balaban J connectivity index is 10.3. The number of nitrogens with zero attached hydrogens (tertiary/aromatic N) is 16. The van der Waals surface area contributed by atoms with Gasteiger partial charge in [-0.3, -0.25) is 0 Å². The third-order valence-corrected chi connectivity index (χ3v) is 28.8. The van der Waals surface area contributed by atoms with Gasteiger partial charge in [0.1, 0.15) is 0 Å². The van der Waals surface area contributed by atoms with E-state index in [1.54, 1.807) is 0 Å². The van der Waals surface area contributed by atoms with E-state index in [0.29, 0.717) is 0 Å². The summed E-state index contributed by atoms with van der Waals surface area (Å²) in [4.78, 5) is 0. The fraction of sp³-hybridized carbons (Fsp3) is 1.00. The second-order valence-electron chi connectivity index (χ2n) is 13.4. The molecule has 0 spiro atoms. The predicted molar refractivity (Wildman–Crippen MR) is 210 cm³/mol. The Hall–Kier alpha value is 0.870. The molecule has 16 nitrogen and oxygen atoms in total. The van der Waals surface area contributed by atoms with Crippen LogP contribution >= 0.6 is 37.9 Å². The van der Waals surface area contributed by atoms with Gasteiger partial charge in [0, 0.05) is 0 Å². The summed E-state index contributed by atoms with van der Waals surface area (Å²) in [6.07, 6.45) is 0. The zero-order chi connectivity index (χ0) is 36.3. The van der Waals surface area contributed by atoms with Gasteiger partial charge in [-0.25, -0.2) is 0 Å². The molecule has 0 saturated heterocycles. The first-order chi connectivity index (χ1) is 20.1. The Morgan fingerprint density at radius 1 is 0.289 bits per heavy atom. The van der Waals surface area contributed by atoms with E-state index in [9.17, 15) is 0 Å². The number of hydrogen-bond acceptors (Lipinski definition) is 4. The summed E-state index contributed by atoms with van der Waals surface area (Å²) in [5.74, 6) is 0. The average Bonchev–Trinajstić information content (AvgIpc) is 2.84. The first kappa shape index (κ1) is 45.9. The van der Waals surface area contributed by atoms with Crippen molar-refractivity contribution in [2.45, 2.75) is 0 Å².